The molecule has 0 atom stereocenters. The Morgan fingerprint density at radius 3 is 2.00 bits per heavy atom. The number of benzene rings is 3. The van der Waals surface area contributed by atoms with Crippen molar-refractivity contribution in [2.75, 3.05) is 0 Å². The molecule has 1 heterocycles. The molecular formula is C23H25BO2. The van der Waals surface area contributed by atoms with Crippen molar-refractivity contribution in [3.05, 3.63) is 53.6 Å². The number of rotatable bonds is 1. The van der Waals surface area contributed by atoms with Gasteiger partial charge in [-0.25, -0.2) is 0 Å². The van der Waals surface area contributed by atoms with Crippen LogP contribution in [0.4, 0.5) is 0 Å². The first kappa shape index (κ1) is 16.3. The molecule has 3 aromatic carbocycles. The second-order valence-electron chi connectivity index (χ2n) is 9.35. The highest BCUT2D eigenvalue weighted by molar-refractivity contribution is 6.62. The summed E-state index contributed by atoms with van der Waals surface area (Å²) in [5.74, 6) is 0. The standard InChI is InChI=1S/C23H25BO2/c1-21(2)17-9-7-8-14-10-11-15-12-16(13-18(21)20(15)19(14)17)24-25-22(3,4)23(5,6)26-24/h7-13H,1-6H3. The molecule has 0 spiro atoms. The number of hydrogen-bond acceptors (Lipinski definition) is 2. The van der Waals surface area contributed by atoms with E-state index in [1.54, 1.807) is 0 Å². The zero-order chi connectivity index (χ0) is 18.5. The largest absolute Gasteiger partial charge is 0.494 e. The van der Waals surface area contributed by atoms with E-state index in [0.717, 1.165) is 5.46 Å². The molecule has 26 heavy (non-hydrogen) atoms. The van der Waals surface area contributed by atoms with E-state index in [9.17, 15) is 0 Å². The molecule has 0 bridgehead atoms. The van der Waals surface area contributed by atoms with Crippen molar-refractivity contribution in [1.82, 2.24) is 0 Å². The maximum Gasteiger partial charge on any atom is 0.494 e. The highest BCUT2D eigenvalue weighted by Gasteiger charge is 2.52. The van der Waals surface area contributed by atoms with Gasteiger partial charge in [-0.3, -0.25) is 0 Å². The van der Waals surface area contributed by atoms with Crippen LogP contribution >= 0.6 is 0 Å². The summed E-state index contributed by atoms with van der Waals surface area (Å²) in [4.78, 5) is 0. The van der Waals surface area contributed by atoms with Crippen molar-refractivity contribution < 1.29 is 9.31 Å². The van der Waals surface area contributed by atoms with Crippen LogP contribution in [0.1, 0.15) is 52.7 Å². The van der Waals surface area contributed by atoms with Gasteiger partial charge >= 0.3 is 7.12 Å². The fourth-order valence-corrected chi connectivity index (χ4v) is 4.54. The predicted molar refractivity (Wildman–Crippen MR) is 109 cm³/mol. The van der Waals surface area contributed by atoms with Gasteiger partial charge in [0.1, 0.15) is 0 Å². The van der Waals surface area contributed by atoms with Crippen LogP contribution in [0.2, 0.25) is 0 Å². The smallest absolute Gasteiger partial charge is 0.399 e. The van der Waals surface area contributed by atoms with Gasteiger partial charge in [-0.2, -0.15) is 0 Å². The molecule has 0 amide bonds. The fraction of sp³-hybridized carbons (Fsp3) is 0.391. The quantitative estimate of drug-likeness (QED) is 0.460. The maximum absolute atomic E-state index is 6.32. The predicted octanol–water partition coefficient (Wildman–Crippen LogP) is 4.93. The summed E-state index contributed by atoms with van der Waals surface area (Å²) in [7, 11) is -0.323. The van der Waals surface area contributed by atoms with E-state index >= 15 is 0 Å². The van der Waals surface area contributed by atoms with E-state index in [1.807, 2.05) is 0 Å². The van der Waals surface area contributed by atoms with Crippen LogP contribution in [-0.4, -0.2) is 18.3 Å². The van der Waals surface area contributed by atoms with Gasteiger partial charge in [0.25, 0.3) is 0 Å². The molecule has 1 saturated heterocycles. The van der Waals surface area contributed by atoms with Crippen LogP contribution in [0.15, 0.2) is 42.5 Å². The van der Waals surface area contributed by atoms with Gasteiger partial charge in [0.05, 0.1) is 11.2 Å². The number of hydrogen-bond donors (Lipinski definition) is 0. The molecule has 1 fully saturated rings. The lowest BCUT2D eigenvalue weighted by Gasteiger charge is -2.32. The first-order chi connectivity index (χ1) is 12.1. The molecule has 3 aromatic rings. The lowest BCUT2D eigenvalue weighted by Crippen LogP contribution is -2.41. The molecule has 1 aliphatic heterocycles. The lowest BCUT2D eigenvalue weighted by atomic mass is 9.74. The van der Waals surface area contributed by atoms with Crippen LogP contribution in [0.5, 0.6) is 0 Å². The lowest BCUT2D eigenvalue weighted by molar-refractivity contribution is 0.00578. The van der Waals surface area contributed by atoms with Crippen LogP contribution in [0.3, 0.4) is 0 Å². The zero-order valence-corrected chi connectivity index (χ0v) is 16.4. The Balaban J connectivity index is 1.75. The van der Waals surface area contributed by atoms with E-state index in [1.165, 1.54) is 32.7 Å². The first-order valence-corrected chi connectivity index (χ1v) is 9.48. The summed E-state index contributed by atoms with van der Waals surface area (Å²) in [6, 6.07) is 15.7. The van der Waals surface area contributed by atoms with Gasteiger partial charge < -0.3 is 9.31 Å². The topological polar surface area (TPSA) is 18.5 Å². The monoisotopic (exact) mass is 344 g/mol. The van der Waals surface area contributed by atoms with Crippen molar-refractivity contribution in [2.45, 2.75) is 58.2 Å². The second kappa shape index (κ2) is 4.71. The van der Waals surface area contributed by atoms with E-state index < -0.39 is 0 Å². The summed E-state index contributed by atoms with van der Waals surface area (Å²) in [6.45, 7) is 13.1. The zero-order valence-electron chi connectivity index (χ0n) is 16.4. The van der Waals surface area contributed by atoms with Gasteiger partial charge in [0, 0.05) is 5.41 Å². The highest BCUT2D eigenvalue weighted by Crippen LogP contribution is 2.48. The third-order valence-electron chi connectivity index (χ3n) is 6.85. The summed E-state index contributed by atoms with van der Waals surface area (Å²) in [6.07, 6.45) is 0. The summed E-state index contributed by atoms with van der Waals surface area (Å²) in [5.41, 5.74) is 3.26. The third-order valence-corrected chi connectivity index (χ3v) is 6.85. The summed E-state index contributed by atoms with van der Waals surface area (Å²) in [5, 5.41) is 5.40. The normalized spacial score (nSPS) is 22.0. The van der Waals surface area contributed by atoms with Gasteiger partial charge in [-0.15, -0.1) is 0 Å². The molecule has 0 N–H and O–H groups in total. The fourth-order valence-electron chi connectivity index (χ4n) is 4.54. The van der Waals surface area contributed by atoms with Crippen LogP contribution in [0, 0.1) is 0 Å². The molecule has 2 nitrogen and oxygen atoms in total. The van der Waals surface area contributed by atoms with Crippen molar-refractivity contribution in [2.24, 2.45) is 0 Å². The average molecular weight is 344 g/mol. The minimum Gasteiger partial charge on any atom is -0.399 e. The van der Waals surface area contributed by atoms with E-state index in [2.05, 4.69) is 84.0 Å². The molecule has 0 saturated carbocycles. The van der Waals surface area contributed by atoms with Crippen molar-refractivity contribution in [3.8, 4) is 0 Å². The Hall–Kier alpha value is -1.84. The minimum atomic E-state index is -0.324. The van der Waals surface area contributed by atoms with E-state index in [4.69, 9.17) is 9.31 Å². The highest BCUT2D eigenvalue weighted by atomic mass is 16.7. The Bertz CT molecular complexity index is 1060. The molecule has 0 unspecified atom stereocenters. The molecule has 132 valence electrons. The molecule has 3 heteroatoms. The van der Waals surface area contributed by atoms with E-state index in [0.29, 0.717) is 0 Å². The maximum atomic E-state index is 6.32. The first-order valence-electron chi connectivity index (χ1n) is 9.48. The van der Waals surface area contributed by atoms with Gasteiger partial charge in [0.2, 0.25) is 0 Å². The molecule has 5 rings (SSSR count). The summed E-state index contributed by atoms with van der Waals surface area (Å²) < 4.78 is 12.6. The SMILES string of the molecule is CC1(C)c2cccc3ccc4cc(B5OC(C)(C)C(C)(C)O5)cc1c4c23. The molecular weight excluding hydrogens is 319 g/mol. The van der Waals surface area contributed by atoms with Crippen molar-refractivity contribution in [3.63, 3.8) is 0 Å². The Morgan fingerprint density at radius 2 is 1.31 bits per heavy atom. The van der Waals surface area contributed by atoms with Gasteiger partial charge in [-0.1, -0.05) is 56.3 Å². The molecule has 1 aliphatic carbocycles. The average Bonchev–Trinajstić information content (AvgIpc) is 2.94. The molecule has 2 aliphatic rings. The van der Waals surface area contributed by atoms with E-state index in [-0.39, 0.29) is 23.7 Å². The van der Waals surface area contributed by atoms with Crippen LogP contribution in [0.25, 0.3) is 21.5 Å². The molecule has 0 aromatic heterocycles. The summed E-state index contributed by atoms with van der Waals surface area (Å²) >= 11 is 0. The third kappa shape index (κ3) is 1.91. The Morgan fingerprint density at radius 1 is 0.692 bits per heavy atom. The van der Waals surface area contributed by atoms with Gasteiger partial charge in [0.15, 0.2) is 0 Å². The van der Waals surface area contributed by atoms with Crippen molar-refractivity contribution in [1.29, 1.82) is 0 Å². The van der Waals surface area contributed by atoms with Gasteiger partial charge in [-0.05, 0) is 65.8 Å². The van der Waals surface area contributed by atoms with Crippen molar-refractivity contribution >= 4 is 34.1 Å². The van der Waals surface area contributed by atoms with Crippen LogP contribution < -0.4 is 5.46 Å². The van der Waals surface area contributed by atoms with Crippen LogP contribution in [-0.2, 0) is 14.7 Å². The second-order valence-corrected chi connectivity index (χ2v) is 9.35. The Kier molecular flexibility index (Phi) is 2.96. The Labute approximate surface area is 155 Å². The molecule has 0 radical (unpaired) electrons. The minimum absolute atomic E-state index is 0.0128.